The minimum absolute atomic E-state index is 0.448. The van der Waals surface area contributed by atoms with E-state index in [-0.39, 0.29) is 0 Å². The van der Waals surface area contributed by atoms with Crippen molar-refractivity contribution in [2.75, 3.05) is 17.6 Å². The molecule has 4 heteroatoms. The summed E-state index contributed by atoms with van der Waals surface area (Å²) in [4.78, 5) is 0. The Morgan fingerprint density at radius 3 is 2.81 bits per heavy atom. The van der Waals surface area contributed by atoms with Gasteiger partial charge in [0, 0.05) is 11.9 Å². The van der Waals surface area contributed by atoms with Crippen LogP contribution in [0, 0.1) is 11.3 Å². The molecule has 0 amide bonds. The van der Waals surface area contributed by atoms with Crippen molar-refractivity contribution in [2.45, 2.75) is 46.0 Å². The number of aromatic nitrogens is 2. The number of fused-ring (bicyclic) bond motifs is 1. The second-order valence-corrected chi connectivity index (χ2v) is 7.06. The van der Waals surface area contributed by atoms with E-state index in [4.69, 9.17) is 5.73 Å². The lowest BCUT2D eigenvalue weighted by Gasteiger charge is -2.32. The van der Waals surface area contributed by atoms with Gasteiger partial charge < -0.3 is 11.1 Å². The second-order valence-electron chi connectivity index (χ2n) is 7.06. The number of rotatable bonds is 5. The smallest absolute Gasteiger partial charge is 0.0672 e. The van der Waals surface area contributed by atoms with E-state index < -0.39 is 0 Å². The summed E-state index contributed by atoms with van der Waals surface area (Å²) in [5, 5.41) is 11.8. The molecular weight excluding hydrogens is 260 g/mol. The largest absolute Gasteiger partial charge is 0.397 e. The number of nitrogens with zero attached hydrogens (tertiary/aromatic N) is 1. The summed E-state index contributed by atoms with van der Waals surface area (Å²) in [5.41, 5.74) is 9.49. The Bertz CT molecular complexity index is 608. The molecule has 1 saturated carbocycles. The summed E-state index contributed by atoms with van der Waals surface area (Å²) in [7, 11) is 0. The predicted molar refractivity (Wildman–Crippen MR) is 89.4 cm³/mol. The van der Waals surface area contributed by atoms with Gasteiger partial charge in [-0.15, -0.1) is 0 Å². The van der Waals surface area contributed by atoms with Crippen LogP contribution in [-0.2, 0) is 0 Å². The zero-order valence-corrected chi connectivity index (χ0v) is 13.1. The first kappa shape index (κ1) is 14.2. The molecule has 4 nitrogen and oxygen atoms in total. The summed E-state index contributed by atoms with van der Waals surface area (Å²) >= 11 is 0. The Morgan fingerprint density at radius 2 is 2.10 bits per heavy atom. The number of nitrogens with two attached hydrogens (primary N) is 1. The summed E-state index contributed by atoms with van der Waals surface area (Å²) < 4.78 is 0. The molecule has 1 heterocycles. The van der Waals surface area contributed by atoms with E-state index in [0.717, 1.165) is 34.7 Å². The normalized spacial score (nSPS) is 17.7. The van der Waals surface area contributed by atoms with Crippen molar-refractivity contribution in [1.82, 2.24) is 10.2 Å². The predicted octanol–water partition coefficient (Wildman–Crippen LogP) is 4.16. The van der Waals surface area contributed by atoms with Crippen LogP contribution >= 0.6 is 0 Å². The van der Waals surface area contributed by atoms with Gasteiger partial charge in [0.2, 0.25) is 0 Å². The zero-order chi connectivity index (χ0) is 14.9. The first-order valence-electron chi connectivity index (χ1n) is 8.04. The molecule has 0 radical (unpaired) electrons. The molecule has 0 saturated heterocycles. The standard InChI is InChI=1S/C17H26N4/c1-12(2)9-17(5-3-4-6-17)11-19-16-8-15-13(7-14(16)18)10-20-21-15/h7-8,10,12,19H,3-6,9,11,18H2,1-2H3,(H,20,21). The van der Waals surface area contributed by atoms with Crippen molar-refractivity contribution < 1.29 is 0 Å². The van der Waals surface area contributed by atoms with Crippen LogP contribution in [0.4, 0.5) is 11.4 Å². The molecule has 3 rings (SSSR count). The van der Waals surface area contributed by atoms with Crippen LogP contribution in [0.2, 0.25) is 0 Å². The summed E-state index contributed by atoms with van der Waals surface area (Å²) in [6.45, 7) is 5.67. The van der Waals surface area contributed by atoms with Crippen LogP contribution in [0.5, 0.6) is 0 Å². The third kappa shape index (κ3) is 2.99. The van der Waals surface area contributed by atoms with Gasteiger partial charge in [-0.3, -0.25) is 5.10 Å². The number of hydrogen-bond acceptors (Lipinski definition) is 3. The van der Waals surface area contributed by atoms with Crippen LogP contribution in [0.25, 0.3) is 10.9 Å². The van der Waals surface area contributed by atoms with E-state index in [2.05, 4.69) is 35.4 Å². The molecule has 0 spiro atoms. The number of benzene rings is 1. The quantitative estimate of drug-likeness (QED) is 0.723. The van der Waals surface area contributed by atoms with Gasteiger partial charge in [-0.2, -0.15) is 5.10 Å². The van der Waals surface area contributed by atoms with Crippen molar-refractivity contribution in [3.05, 3.63) is 18.3 Å². The van der Waals surface area contributed by atoms with Gasteiger partial charge in [-0.05, 0) is 42.7 Å². The Morgan fingerprint density at radius 1 is 1.33 bits per heavy atom. The molecule has 0 bridgehead atoms. The molecule has 1 aliphatic rings. The van der Waals surface area contributed by atoms with Crippen LogP contribution in [0.15, 0.2) is 18.3 Å². The van der Waals surface area contributed by atoms with Gasteiger partial charge in [0.15, 0.2) is 0 Å². The van der Waals surface area contributed by atoms with E-state index >= 15 is 0 Å². The van der Waals surface area contributed by atoms with Crippen LogP contribution in [0.3, 0.4) is 0 Å². The summed E-state index contributed by atoms with van der Waals surface area (Å²) in [5.74, 6) is 0.748. The van der Waals surface area contributed by atoms with Gasteiger partial charge >= 0.3 is 0 Å². The first-order valence-corrected chi connectivity index (χ1v) is 8.04. The highest BCUT2D eigenvalue weighted by Crippen LogP contribution is 2.43. The maximum absolute atomic E-state index is 6.17. The Labute approximate surface area is 126 Å². The minimum atomic E-state index is 0.448. The monoisotopic (exact) mass is 286 g/mol. The molecule has 1 aromatic carbocycles. The number of anilines is 2. The molecular formula is C17H26N4. The van der Waals surface area contributed by atoms with Gasteiger partial charge in [0.1, 0.15) is 0 Å². The molecule has 4 N–H and O–H groups in total. The summed E-state index contributed by atoms with van der Waals surface area (Å²) in [6.07, 6.45) is 8.51. The van der Waals surface area contributed by atoms with Crippen molar-refractivity contribution in [3.8, 4) is 0 Å². The molecule has 1 aliphatic carbocycles. The molecule has 114 valence electrons. The number of nitrogens with one attached hydrogen (secondary N) is 2. The second kappa shape index (κ2) is 5.58. The molecule has 0 aliphatic heterocycles. The number of H-pyrrole nitrogens is 1. The maximum Gasteiger partial charge on any atom is 0.0672 e. The molecule has 2 aromatic rings. The van der Waals surface area contributed by atoms with E-state index in [1.54, 1.807) is 0 Å². The molecule has 1 fully saturated rings. The number of nitrogen functional groups attached to an aromatic ring is 1. The van der Waals surface area contributed by atoms with Gasteiger partial charge in [0.25, 0.3) is 0 Å². The third-order valence-electron chi connectivity index (χ3n) is 4.77. The van der Waals surface area contributed by atoms with E-state index in [0.29, 0.717) is 5.41 Å². The molecule has 0 unspecified atom stereocenters. The van der Waals surface area contributed by atoms with Gasteiger partial charge in [0.05, 0.1) is 23.1 Å². The number of hydrogen-bond donors (Lipinski definition) is 3. The van der Waals surface area contributed by atoms with E-state index in [9.17, 15) is 0 Å². The van der Waals surface area contributed by atoms with Crippen LogP contribution in [0.1, 0.15) is 46.0 Å². The Balaban J connectivity index is 1.76. The highest BCUT2D eigenvalue weighted by Gasteiger charge is 2.34. The van der Waals surface area contributed by atoms with Crippen molar-refractivity contribution in [3.63, 3.8) is 0 Å². The lowest BCUT2D eigenvalue weighted by atomic mass is 9.78. The van der Waals surface area contributed by atoms with Crippen LogP contribution < -0.4 is 11.1 Å². The Kier molecular flexibility index (Phi) is 3.79. The van der Waals surface area contributed by atoms with Crippen LogP contribution in [-0.4, -0.2) is 16.7 Å². The Hall–Kier alpha value is -1.71. The number of aromatic amines is 1. The fraction of sp³-hybridized carbons (Fsp3) is 0.588. The topological polar surface area (TPSA) is 66.7 Å². The maximum atomic E-state index is 6.17. The van der Waals surface area contributed by atoms with Crippen molar-refractivity contribution in [1.29, 1.82) is 0 Å². The molecule has 0 atom stereocenters. The lowest BCUT2D eigenvalue weighted by molar-refractivity contribution is 0.252. The van der Waals surface area contributed by atoms with Gasteiger partial charge in [-0.1, -0.05) is 26.7 Å². The van der Waals surface area contributed by atoms with Crippen molar-refractivity contribution in [2.24, 2.45) is 11.3 Å². The van der Waals surface area contributed by atoms with Gasteiger partial charge in [-0.25, -0.2) is 0 Å². The molecule has 21 heavy (non-hydrogen) atoms. The zero-order valence-electron chi connectivity index (χ0n) is 13.1. The van der Waals surface area contributed by atoms with E-state index in [1.165, 1.54) is 32.1 Å². The van der Waals surface area contributed by atoms with Crippen molar-refractivity contribution >= 4 is 22.3 Å². The fourth-order valence-electron chi connectivity index (χ4n) is 3.89. The average Bonchev–Trinajstić information content (AvgIpc) is 3.04. The summed E-state index contributed by atoms with van der Waals surface area (Å²) in [6, 6.07) is 4.07. The highest BCUT2D eigenvalue weighted by atomic mass is 15.1. The average molecular weight is 286 g/mol. The lowest BCUT2D eigenvalue weighted by Crippen LogP contribution is -2.28. The molecule has 1 aromatic heterocycles. The highest BCUT2D eigenvalue weighted by molar-refractivity contribution is 5.88. The van der Waals surface area contributed by atoms with E-state index in [1.807, 2.05) is 12.3 Å². The SMILES string of the molecule is CC(C)CC1(CNc2cc3[nH]ncc3cc2N)CCCC1. The fourth-order valence-corrected chi connectivity index (χ4v) is 3.89. The first-order chi connectivity index (χ1) is 10.1. The minimum Gasteiger partial charge on any atom is -0.397 e. The third-order valence-corrected chi connectivity index (χ3v) is 4.77.